The van der Waals surface area contributed by atoms with Crippen molar-refractivity contribution in [3.05, 3.63) is 46.4 Å². The van der Waals surface area contributed by atoms with Crippen LogP contribution in [0.4, 0.5) is 0 Å². The molecule has 0 fully saturated rings. The second kappa shape index (κ2) is 5.60. The number of benzene rings is 1. The van der Waals surface area contributed by atoms with Crippen molar-refractivity contribution < 1.29 is 34.0 Å². The highest BCUT2D eigenvalue weighted by Gasteiger charge is 2.49. The SMILES string of the molecule is CC1=C(O)C2=C(OCC(Cc3ccc4c(c3)OCO4)C2=O)C(C)(O)C1=O. The van der Waals surface area contributed by atoms with Crippen LogP contribution in [-0.4, -0.2) is 40.8 Å². The van der Waals surface area contributed by atoms with Crippen molar-refractivity contribution in [1.82, 2.24) is 0 Å². The quantitative estimate of drug-likeness (QED) is 0.828. The number of ketones is 2. The number of rotatable bonds is 2. The topological polar surface area (TPSA) is 102 Å². The van der Waals surface area contributed by atoms with Gasteiger partial charge in [-0.2, -0.15) is 0 Å². The molecule has 0 saturated carbocycles. The molecule has 0 amide bonds. The molecule has 2 unspecified atom stereocenters. The van der Waals surface area contributed by atoms with Gasteiger partial charge in [-0.05, 0) is 38.0 Å². The Hall–Kier alpha value is -2.80. The third kappa shape index (κ3) is 2.31. The van der Waals surface area contributed by atoms with Gasteiger partial charge in [0.1, 0.15) is 17.1 Å². The standard InChI is InChI=1S/C19H18O7/c1-9-15(20)14-16(21)11(7-24-18(14)19(2,23)17(9)22)5-10-3-4-12-13(6-10)26-8-25-12/h3-4,6,11,20,23H,5,7-8H2,1-2H3. The predicted molar refractivity (Wildman–Crippen MR) is 88.7 cm³/mol. The van der Waals surface area contributed by atoms with Crippen LogP contribution in [0.5, 0.6) is 11.5 Å². The van der Waals surface area contributed by atoms with Crippen molar-refractivity contribution in [3.63, 3.8) is 0 Å². The van der Waals surface area contributed by atoms with Crippen molar-refractivity contribution >= 4 is 11.6 Å². The molecule has 0 aromatic heterocycles. The maximum atomic E-state index is 12.9. The Morgan fingerprint density at radius 3 is 2.69 bits per heavy atom. The van der Waals surface area contributed by atoms with E-state index in [1.54, 1.807) is 12.1 Å². The average molecular weight is 358 g/mol. The highest BCUT2D eigenvalue weighted by molar-refractivity contribution is 6.12. The molecule has 7 nitrogen and oxygen atoms in total. The van der Waals surface area contributed by atoms with E-state index in [4.69, 9.17) is 14.2 Å². The Kier molecular flexibility index (Phi) is 3.59. The molecule has 2 atom stereocenters. The maximum absolute atomic E-state index is 12.9. The smallest absolute Gasteiger partial charge is 0.231 e. The van der Waals surface area contributed by atoms with Crippen LogP contribution in [0.2, 0.25) is 0 Å². The summed E-state index contributed by atoms with van der Waals surface area (Å²) in [6.45, 7) is 2.83. The van der Waals surface area contributed by atoms with Crippen LogP contribution in [-0.2, 0) is 20.7 Å². The van der Waals surface area contributed by atoms with Crippen LogP contribution in [0, 0.1) is 5.92 Å². The van der Waals surface area contributed by atoms with Crippen LogP contribution in [0.15, 0.2) is 40.9 Å². The van der Waals surface area contributed by atoms with Crippen molar-refractivity contribution in [1.29, 1.82) is 0 Å². The summed E-state index contributed by atoms with van der Waals surface area (Å²) >= 11 is 0. The lowest BCUT2D eigenvalue weighted by atomic mass is 9.78. The third-order valence-electron chi connectivity index (χ3n) is 5.01. The molecule has 0 saturated heterocycles. The molecule has 4 rings (SSSR count). The fourth-order valence-electron chi connectivity index (χ4n) is 3.52. The Labute approximate surface area is 149 Å². The molecule has 7 heteroatoms. The summed E-state index contributed by atoms with van der Waals surface area (Å²) in [6.07, 6.45) is 0.370. The Morgan fingerprint density at radius 1 is 1.19 bits per heavy atom. The molecule has 0 radical (unpaired) electrons. The first kappa shape index (κ1) is 16.7. The van der Waals surface area contributed by atoms with Gasteiger partial charge in [-0.15, -0.1) is 0 Å². The average Bonchev–Trinajstić information content (AvgIpc) is 3.08. The zero-order valence-corrected chi connectivity index (χ0v) is 14.4. The summed E-state index contributed by atoms with van der Waals surface area (Å²) in [6, 6.07) is 5.43. The van der Waals surface area contributed by atoms with Gasteiger partial charge in [-0.3, -0.25) is 9.59 Å². The Morgan fingerprint density at radius 2 is 1.92 bits per heavy atom. The number of ether oxygens (including phenoxy) is 3. The first-order valence-corrected chi connectivity index (χ1v) is 8.28. The van der Waals surface area contributed by atoms with E-state index in [9.17, 15) is 19.8 Å². The van der Waals surface area contributed by atoms with Crippen LogP contribution >= 0.6 is 0 Å². The number of fused-ring (bicyclic) bond motifs is 1. The number of allylic oxidation sites excluding steroid dienone is 1. The van der Waals surface area contributed by atoms with Crippen molar-refractivity contribution in [2.45, 2.75) is 25.9 Å². The first-order chi connectivity index (χ1) is 12.3. The van der Waals surface area contributed by atoms with E-state index in [0.29, 0.717) is 17.9 Å². The number of carbonyl (C=O) groups is 2. The van der Waals surface area contributed by atoms with Gasteiger partial charge in [0.15, 0.2) is 22.9 Å². The second-order valence-corrected chi connectivity index (χ2v) is 6.84. The van der Waals surface area contributed by atoms with Gasteiger partial charge in [0.2, 0.25) is 12.6 Å². The summed E-state index contributed by atoms with van der Waals surface area (Å²) in [5.41, 5.74) is -1.25. The highest BCUT2D eigenvalue weighted by atomic mass is 16.7. The van der Waals surface area contributed by atoms with Crippen LogP contribution < -0.4 is 9.47 Å². The van der Waals surface area contributed by atoms with Crippen LogP contribution in [0.3, 0.4) is 0 Å². The van der Waals surface area contributed by atoms with Gasteiger partial charge in [-0.25, -0.2) is 0 Å². The van der Waals surface area contributed by atoms with E-state index >= 15 is 0 Å². The largest absolute Gasteiger partial charge is 0.507 e. The van der Waals surface area contributed by atoms with Gasteiger partial charge < -0.3 is 24.4 Å². The first-order valence-electron chi connectivity index (χ1n) is 8.28. The normalized spacial score (nSPS) is 27.6. The molecule has 1 aromatic carbocycles. The predicted octanol–water partition coefficient (Wildman–Crippen LogP) is 1.59. The zero-order chi connectivity index (χ0) is 18.6. The molecular formula is C19H18O7. The lowest BCUT2D eigenvalue weighted by Crippen LogP contribution is -2.47. The van der Waals surface area contributed by atoms with Gasteiger partial charge in [0.25, 0.3) is 0 Å². The summed E-state index contributed by atoms with van der Waals surface area (Å²) in [5, 5.41) is 20.8. The summed E-state index contributed by atoms with van der Waals surface area (Å²) in [7, 11) is 0. The van der Waals surface area contributed by atoms with Gasteiger partial charge in [-0.1, -0.05) is 6.07 Å². The molecular weight excluding hydrogens is 340 g/mol. The summed E-state index contributed by atoms with van der Waals surface area (Å²) in [5.74, 6) is -0.883. The van der Waals surface area contributed by atoms with Gasteiger partial charge >= 0.3 is 0 Å². The third-order valence-corrected chi connectivity index (χ3v) is 5.01. The molecule has 2 aliphatic heterocycles. The number of carbonyl (C=O) groups excluding carboxylic acids is 2. The Balaban J connectivity index is 1.65. The lowest BCUT2D eigenvalue weighted by molar-refractivity contribution is -0.135. The fraction of sp³-hybridized carbons (Fsp3) is 0.368. The fourth-order valence-corrected chi connectivity index (χ4v) is 3.52. The van der Waals surface area contributed by atoms with E-state index in [2.05, 4.69) is 0 Å². The van der Waals surface area contributed by atoms with Crippen molar-refractivity contribution in [3.8, 4) is 11.5 Å². The molecule has 26 heavy (non-hydrogen) atoms. The monoisotopic (exact) mass is 358 g/mol. The molecule has 3 aliphatic rings. The number of hydrogen-bond donors (Lipinski definition) is 2. The number of hydrogen-bond acceptors (Lipinski definition) is 7. The number of Topliss-reactive ketones (excluding diaryl/α,β-unsaturated/α-hetero) is 2. The molecule has 2 N–H and O–H groups in total. The van der Waals surface area contributed by atoms with Crippen molar-refractivity contribution in [2.24, 2.45) is 5.92 Å². The van der Waals surface area contributed by atoms with Gasteiger partial charge in [0.05, 0.1) is 12.5 Å². The second-order valence-electron chi connectivity index (χ2n) is 6.84. The number of aliphatic hydroxyl groups is 2. The summed E-state index contributed by atoms with van der Waals surface area (Å²) < 4.78 is 16.2. The van der Waals surface area contributed by atoms with Crippen LogP contribution in [0.1, 0.15) is 19.4 Å². The summed E-state index contributed by atoms with van der Waals surface area (Å²) in [4.78, 5) is 25.1. The highest BCUT2D eigenvalue weighted by Crippen LogP contribution is 2.40. The zero-order valence-electron chi connectivity index (χ0n) is 14.4. The molecule has 0 bridgehead atoms. The molecule has 1 aromatic rings. The molecule has 1 aliphatic carbocycles. The number of aliphatic hydroxyl groups excluding tert-OH is 1. The van der Waals surface area contributed by atoms with E-state index in [-0.39, 0.29) is 36.1 Å². The lowest BCUT2D eigenvalue weighted by Gasteiger charge is -2.36. The minimum atomic E-state index is -1.95. The molecule has 0 spiro atoms. The van der Waals surface area contributed by atoms with E-state index in [1.165, 1.54) is 13.8 Å². The minimum absolute atomic E-state index is 0.0157. The molecule has 2 heterocycles. The van der Waals surface area contributed by atoms with Crippen LogP contribution in [0.25, 0.3) is 0 Å². The molecule has 136 valence electrons. The maximum Gasteiger partial charge on any atom is 0.231 e. The van der Waals surface area contributed by atoms with Crippen molar-refractivity contribution in [2.75, 3.05) is 13.4 Å². The van der Waals surface area contributed by atoms with E-state index < -0.39 is 23.1 Å². The van der Waals surface area contributed by atoms with E-state index in [0.717, 1.165) is 5.56 Å². The minimum Gasteiger partial charge on any atom is -0.507 e. The van der Waals surface area contributed by atoms with E-state index in [1.807, 2.05) is 6.07 Å². The Bertz CT molecular complexity index is 891. The van der Waals surface area contributed by atoms with Gasteiger partial charge in [0, 0.05) is 5.57 Å².